The second-order valence-electron chi connectivity index (χ2n) is 10.4. The Kier molecular flexibility index (Phi) is 5.08. The number of nitrogens with one attached hydrogen (secondary N) is 3. The Bertz CT molecular complexity index is 809. The van der Waals surface area contributed by atoms with Crippen LogP contribution in [-0.4, -0.2) is 30.9 Å². The summed E-state index contributed by atoms with van der Waals surface area (Å²) >= 11 is 6.21. The summed E-state index contributed by atoms with van der Waals surface area (Å²) in [5.41, 5.74) is 0.568. The Morgan fingerprint density at radius 3 is 2.39 bits per heavy atom. The molecule has 1 unspecified atom stereocenters. The smallest absolute Gasteiger partial charge is 0.237 e. The number of halogens is 1. The standard InChI is InChI=1S/C22H32ClN3O2/c1-20(2,3)11-15-22(13-9-8-12(23)10-14(13)25-19(22)28)17(21(4,5)6)16(26-15)18(27)24-7/h8-10,15-17,26H,11H2,1-7H3,(H,24,27)(H,25,28)/t15-,16-,17?,22+/m1/s1. The first-order chi connectivity index (χ1) is 12.8. The van der Waals surface area contributed by atoms with E-state index in [0.717, 1.165) is 17.7 Å². The summed E-state index contributed by atoms with van der Waals surface area (Å²) in [6.07, 6.45) is 0.766. The molecule has 1 aromatic rings. The van der Waals surface area contributed by atoms with Gasteiger partial charge in [0.25, 0.3) is 0 Å². The van der Waals surface area contributed by atoms with E-state index in [2.05, 4.69) is 57.5 Å². The topological polar surface area (TPSA) is 70.2 Å². The second kappa shape index (κ2) is 6.74. The lowest BCUT2D eigenvalue weighted by molar-refractivity contribution is -0.127. The molecule has 6 heteroatoms. The molecule has 5 nitrogen and oxygen atoms in total. The maximum Gasteiger partial charge on any atom is 0.237 e. The molecule has 4 atom stereocenters. The number of likely N-dealkylation sites (N-methyl/N-ethyl adjacent to an activating group) is 1. The van der Waals surface area contributed by atoms with Crippen molar-refractivity contribution in [3.63, 3.8) is 0 Å². The van der Waals surface area contributed by atoms with E-state index in [-0.39, 0.29) is 34.6 Å². The van der Waals surface area contributed by atoms with Gasteiger partial charge in [-0.2, -0.15) is 0 Å². The molecule has 0 saturated carbocycles. The number of amides is 2. The Morgan fingerprint density at radius 2 is 1.86 bits per heavy atom. The van der Waals surface area contributed by atoms with E-state index in [1.165, 1.54) is 0 Å². The molecule has 1 fully saturated rings. The highest BCUT2D eigenvalue weighted by atomic mass is 35.5. The summed E-state index contributed by atoms with van der Waals surface area (Å²) in [5, 5.41) is 10.0. The van der Waals surface area contributed by atoms with Gasteiger partial charge in [-0.1, -0.05) is 59.2 Å². The minimum atomic E-state index is -0.831. The van der Waals surface area contributed by atoms with Crippen LogP contribution < -0.4 is 16.0 Å². The molecule has 1 saturated heterocycles. The van der Waals surface area contributed by atoms with Gasteiger partial charge in [0.1, 0.15) is 0 Å². The first-order valence-electron chi connectivity index (χ1n) is 9.91. The molecule has 2 aliphatic heterocycles. The summed E-state index contributed by atoms with van der Waals surface area (Å²) in [7, 11) is 1.65. The van der Waals surface area contributed by atoms with Gasteiger partial charge in [0.05, 0.1) is 11.5 Å². The molecular weight excluding hydrogens is 374 g/mol. The molecule has 1 spiro atoms. The van der Waals surface area contributed by atoms with Crippen molar-refractivity contribution in [1.82, 2.24) is 10.6 Å². The molecular formula is C22H32ClN3O2. The van der Waals surface area contributed by atoms with Crippen LogP contribution in [0.2, 0.25) is 5.02 Å². The lowest BCUT2D eigenvalue weighted by Gasteiger charge is -2.43. The average molecular weight is 406 g/mol. The Hall–Kier alpha value is -1.59. The van der Waals surface area contributed by atoms with Crippen molar-refractivity contribution >= 4 is 29.1 Å². The number of rotatable bonds is 2. The molecule has 3 rings (SSSR count). The van der Waals surface area contributed by atoms with Crippen LogP contribution in [0.4, 0.5) is 5.69 Å². The fraction of sp³-hybridized carbons (Fsp3) is 0.636. The van der Waals surface area contributed by atoms with Crippen LogP contribution >= 0.6 is 11.6 Å². The molecule has 28 heavy (non-hydrogen) atoms. The van der Waals surface area contributed by atoms with Crippen molar-refractivity contribution in [3.8, 4) is 0 Å². The summed E-state index contributed by atoms with van der Waals surface area (Å²) in [6.45, 7) is 12.8. The van der Waals surface area contributed by atoms with E-state index in [0.29, 0.717) is 5.02 Å². The van der Waals surface area contributed by atoms with Crippen molar-refractivity contribution < 1.29 is 9.59 Å². The third kappa shape index (κ3) is 3.22. The molecule has 0 radical (unpaired) electrons. The van der Waals surface area contributed by atoms with Crippen LogP contribution in [0.15, 0.2) is 18.2 Å². The first-order valence-corrected chi connectivity index (χ1v) is 10.3. The molecule has 2 aliphatic rings. The zero-order valence-electron chi connectivity index (χ0n) is 17.9. The lowest BCUT2D eigenvalue weighted by atomic mass is 9.57. The summed E-state index contributed by atoms with van der Waals surface area (Å²) in [4.78, 5) is 26.5. The Balaban J connectivity index is 2.28. The van der Waals surface area contributed by atoms with E-state index in [4.69, 9.17) is 11.6 Å². The van der Waals surface area contributed by atoms with Crippen LogP contribution in [0.5, 0.6) is 0 Å². The Morgan fingerprint density at radius 1 is 1.21 bits per heavy atom. The van der Waals surface area contributed by atoms with Gasteiger partial charge in [-0.3, -0.25) is 9.59 Å². The quantitative estimate of drug-likeness (QED) is 0.702. The van der Waals surface area contributed by atoms with Gasteiger partial charge in [-0.15, -0.1) is 0 Å². The summed E-state index contributed by atoms with van der Waals surface area (Å²) < 4.78 is 0. The van der Waals surface area contributed by atoms with E-state index >= 15 is 0 Å². The predicted octanol–water partition coefficient (Wildman–Crippen LogP) is 3.71. The minimum Gasteiger partial charge on any atom is -0.358 e. The van der Waals surface area contributed by atoms with E-state index in [1.54, 1.807) is 7.05 Å². The molecule has 0 aliphatic carbocycles. The molecule has 3 N–H and O–H groups in total. The molecule has 1 aromatic carbocycles. The number of benzene rings is 1. The number of carbonyl (C=O) groups is 2. The normalized spacial score (nSPS) is 29.7. The highest BCUT2D eigenvalue weighted by molar-refractivity contribution is 6.31. The van der Waals surface area contributed by atoms with Gasteiger partial charge in [0.15, 0.2) is 0 Å². The van der Waals surface area contributed by atoms with Crippen molar-refractivity contribution in [2.75, 3.05) is 12.4 Å². The highest BCUT2D eigenvalue weighted by Crippen LogP contribution is 2.57. The monoisotopic (exact) mass is 405 g/mol. The van der Waals surface area contributed by atoms with Crippen molar-refractivity contribution in [3.05, 3.63) is 28.8 Å². The highest BCUT2D eigenvalue weighted by Gasteiger charge is 2.67. The van der Waals surface area contributed by atoms with Gasteiger partial charge >= 0.3 is 0 Å². The van der Waals surface area contributed by atoms with Gasteiger partial charge < -0.3 is 16.0 Å². The second-order valence-corrected chi connectivity index (χ2v) is 10.9. The first kappa shape index (κ1) is 21.1. The lowest BCUT2D eigenvalue weighted by Crippen LogP contribution is -2.54. The maximum atomic E-state index is 13.7. The molecule has 2 heterocycles. The third-order valence-corrected chi connectivity index (χ3v) is 6.32. The number of anilines is 1. The zero-order valence-corrected chi connectivity index (χ0v) is 18.6. The minimum absolute atomic E-state index is 0.0137. The van der Waals surface area contributed by atoms with Gasteiger partial charge in [0, 0.05) is 29.7 Å². The van der Waals surface area contributed by atoms with Crippen LogP contribution in [0.25, 0.3) is 0 Å². The molecule has 0 bridgehead atoms. The van der Waals surface area contributed by atoms with Crippen molar-refractivity contribution in [2.45, 2.75) is 65.5 Å². The largest absolute Gasteiger partial charge is 0.358 e. The predicted molar refractivity (Wildman–Crippen MR) is 114 cm³/mol. The average Bonchev–Trinajstić information content (AvgIpc) is 3.01. The van der Waals surface area contributed by atoms with E-state index in [1.807, 2.05) is 18.2 Å². The van der Waals surface area contributed by atoms with Crippen LogP contribution in [0, 0.1) is 16.7 Å². The number of fused-ring (bicyclic) bond motifs is 2. The van der Waals surface area contributed by atoms with Crippen LogP contribution in [0.1, 0.15) is 53.5 Å². The number of hydrogen-bond donors (Lipinski definition) is 3. The van der Waals surface area contributed by atoms with Crippen molar-refractivity contribution in [1.29, 1.82) is 0 Å². The summed E-state index contributed by atoms with van der Waals surface area (Å²) in [6, 6.07) is 4.98. The zero-order chi connectivity index (χ0) is 21.1. The van der Waals surface area contributed by atoms with Crippen LogP contribution in [-0.2, 0) is 15.0 Å². The SMILES string of the molecule is CNC(=O)[C@@H]1N[C@H](CC(C)(C)C)[C@]2(C(=O)Nc3cc(Cl)ccc32)C1C(C)(C)C. The van der Waals surface area contributed by atoms with Crippen LogP contribution in [0.3, 0.4) is 0 Å². The van der Waals surface area contributed by atoms with Crippen molar-refractivity contribution in [2.24, 2.45) is 16.7 Å². The van der Waals surface area contributed by atoms with Gasteiger partial charge in [0.2, 0.25) is 11.8 Å². The molecule has 2 amide bonds. The van der Waals surface area contributed by atoms with Gasteiger partial charge in [-0.25, -0.2) is 0 Å². The number of carbonyl (C=O) groups excluding carboxylic acids is 2. The van der Waals surface area contributed by atoms with Gasteiger partial charge in [-0.05, 0) is 34.9 Å². The van der Waals surface area contributed by atoms with E-state index in [9.17, 15) is 9.59 Å². The third-order valence-electron chi connectivity index (χ3n) is 6.08. The molecule has 0 aromatic heterocycles. The fourth-order valence-corrected chi connectivity index (χ4v) is 5.48. The Labute approximate surface area is 173 Å². The maximum absolute atomic E-state index is 13.7. The molecule has 154 valence electrons. The van der Waals surface area contributed by atoms with E-state index < -0.39 is 11.5 Å². The number of hydrogen-bond acceptors (Lipinski definition) is 3. The fourth-order valence-electron chi connectivity index (χ4n) is 5.31. The summed E-state index contributed by atoms with van der Waals surface area (Å²) in [5.74, 6) is -0.335.